The minimum Gasteiger partial charge on any atom is -0.480 e. The summed E-state index contributed by atoms with van der Waals surface area (Å²) in [5.74, 6) is -0.761. The zero-order valence-electron chi connectivity index (χ0n) is 7.12. The molecule has 1 aliphatic rings. The molecule has 0 spiro atoms. The van der Waals surface area contributed by atoms with E-state index in [4.69, 9.17) is 0 Å². The Morgan fingerprint density at radius 3 is 3.00 bits per heavy atom. The number of carboxylic acids is 1. The molecule has 2 heterocycles. The number of hydrogen-bond donors (Lipinski definition) is 2. The molecule has 1 aromatic heterocycles. The quantitative estimate of drug-likeness (QED) is 0.753. The standard InChI is InChI=1S/C9H11NO2S/c11-8(12)9(3-1-4-10-9)7-2-5-13-6-7/h2,5-6,10H,1,3-4H2,(H,11,12)/t9-/m1/s1. The van der Waals surface area contributed by atoms with E-state index in [1.165, 1.54) is 11.3 Å². The fourth-order valence-corrected chi connectivity index (χ4v) is 2.53. The third kappa shape index (κ3) is 1.26. The van der Waals surface area contributed by atoms with Gasteiger partial charge in [-0.05, 0) is 41.8 Å². The summed E-state index contributed by atoms with van der Waals surface area (Å²) in [6, 6.07) is 1.89. The summed E-state index contributed by atoms with van der Waals surface area (Å²) in [6.07, 6.45) is 1.63. The van der Waals surface area contributed by atoms with Crippen LogP contribution in [0.3, 0.4) is 0 Å². The Morgan fingerprint density at radius 1 is 1.69 bits per heavy atom. The van der Waals surface area contributed by atoms with Gasteiger partial charge in [-0.15, -0.1) is 0 Å². The maximum absolute atomic E-state index is 11.2. The second kappa shape index (κ2) is 3.12. The molecule has 1 aromatic rings. The van der Waals surface area contributed by atoms with E-state index >= 15 is 0 Å². The molecule has 3 nitrogen and oxygen atoms in total. The van der Waals surface area contributed by atoms with Crippen molar-refractivity contribution in [3.63, 3.8) is 0 Å². The van der Waals surface area contributed by atoms with Gasteiger partial charge in [0.05, 0.1) is 0 Å². The van der Waals surface area contributed by atoms with E-state index < -0.39 is 11.5 Å². The smallest absolute Gasteiger partial charge is 0.328 e. The van der Waals surface area contributed by atoms with Gasteiger partial charge < -0.3 is 5.11 Å². The lowest BCUT2D eigenvalue weighted by atomic mass is 9.91. The van der Waals surface area contributed by atoms with Gasteiger partial charge in [0, 0.05) is 0 Å². The van der Waals surface area contributed by atoms with Crippen LogP contribution in [-0.4, -0.2) is 17.6 Å². The number of thiophene rings is 1. The molecule has 0 radical (unpaired) electrons. The van der Waals surface area contributed by atoms with Crippen LogP contribution in [0.2, 0.25) is 0 Å². The van der Waals surface area contributed by atoms with Gasteiger partial charge in [-0.25, -0.2) is 4.79 Å². The van der Waals surface area contributed by atoms with Gasteiger partial charge in [-0.2, -0.15) is 11.3 Å². The van der Waals surface area contributed by atoms with Gasteiger partial charge >= 0.3 is 5.97 Å². The SMILES string of the molecule is O=C(O)[C@]1(c2ccsc2)CCCN1. The van der Waals surface area contributed by atoms with E-state index in [0.29, 0.717) is 6.42 Å². The molecule has 1 fully saturated rings. The van der Waals surface area contributed by atoms with Crippen LogP contribution in [0.1, 0.15) is 18.4 Å². The molecule has 1 atom stereocenters. The Morgan fingerprint density at radius 2 is 2.54 bits per heavy atom. The largest absolute Gasteiger partial charge is 0.480 e. The molecule has 4 heteroatoms. The lowest BCUT2D eigenvalue weighted by Gasteiger charge is -2.23. The number of aliphatic carboxylic acids is 1. The summed E-state index contributed by atoms with van der Waals surface area (Å²) in [5.41, 5.74) is 0.0856. The molecule has 70 valence electrons. The summed E-state index contributed by atoms with van der Waals surface area (Å²) < 4.78 is 0. The molecule has 13 heavy (non-hydrogen) atoms. The monoisotopic (exact) mass is 197 g/mol. The van der Waals surface area contributed by atoms with Crippen LogP contribution in [0.15, 0.2) is 16.8 Å². The highest BCUT2D eigenvalue weighted by atomic mass is 32.1. The fourth-order valence-electron chi connectivity index (χ4n) is 1.80. The van der Waals surface area contributed by atoms with Crippen molar-refractivity contribution in [2.45, 2.75) is 18.4 Å². The number of carboxylic acid groups (broad SMARTS) is 1. The van der Waals surface area contributed by atoms with Crippen LogP contribution in [0, 0.1) is 0 Å². The molecule has 1 saturated heterocycles. The molecular formula is C9H11NO2S. The summed E-state index contributed by atoms with van der Waals surface area (Å²) >= 11 is 1.54. The number of hydrogen-bond acceptors (Lipinski definition) is 3. The highest BCUT2D eigenvalue weighted by molar-refractivity contribution is 7.08. The first-order valence-corrected chi connectivity index (χ1v) is 5.21. The van der Waals surface area contributed by atoms with Crippen LogP contribution in [0.4, 0.5) is 0 Å². The Hall–Kier alpha value is -0.870. The molecule has 0 aliphatic carbocycles. The Labute approximate surface area is 80.4 Å². The molecule has 0 unspecified atom stereocenters. The molecule has 0 saturated carbocycles. The van der Waals surface area contributed by atoms with Crippen LogP contribution < -0.4 is 5.32 Å². The average Bonchev–Trinajstić information content (AvgIpc) is 2.75. The summed E-state index contributed by atoms with van der Waals surface area (Å²) in [5, 5.41) is 16.1. The Balaban J connectivity index is 2.39. The van der Waals surface area contributed by atoms with Gasteiger partial charge in [0.2, 0.25) is 0 Å². The topological polar surface area (TPSA) is 49.3 Å². The Kier molecular flexibility index (Phi) is 2.09. The first-order valence-electron chi connectivity index (χ1n) is 4.27. The van der Waals surface area contributed by atoms with Crippen molar-refractivity contribution in [3.8, 4) is 0 Å². The highest BCUT2D eigenvalue weighted by Crippen LogP contribution is 2.32. The van der Waals surface area contributed by atoms with E-state index in [-0.39, 0.29) is 0 Å². The van der Waals surface area contributed by atoms with E-state index in [9.17, 15) is 9.90 Å². The highest BCUT2D eigenvalue weighted by Gasteiger charge is 2.42. The molecule has 0 aromatic carbocycles. The fraction of sp³-hybridized carbons (Fsp3) is 0.444. The van der Waals surface area contributed by atoms with Crippen molar-refractivity contribution in [3.05, 3.63) is 22.4 Å². The molecule has 2 N–H and O–H groups in total. The first-order chi connectivity index (χ1) is 6.26. The molecule has 0 amide bonds. The van der Waals surface area contributed by atoms with E-state index in [0.717, 1.165) is 18.5 Å². The molecule has 1 aliphatic heterocycles. The van der Waals surface area contributed by atoms with Gasteiger partial charge in [-0.3, -0.25) is 5.32 Å². The predicted octanol–water partition coefficient (Wildman–Crippen LogP) is 1.41. The zero-order chi connectivity index (χ0) is 9.31. The lowest BCUT2D eigenvalue weighted by Crippen LogP contribution is -2.44. The minimum atomic E-state index is -0.806. The van der Waals surface area contributed by atoms with Gasteiger partial charge in [-0.1, -0.05) is 0 Å². The van der Waals surface area contributed by atoms with Gasteiger partial charge in [0.25, 0.3) is 0 Å². The number of nitrogens with one attached hydrogen (secondary N) is 1. The minimum absolute atomic E-state index is 0.694. The summed E-state index contributed by atoms with van der Waals surface area (Å²) in [7, 11) is 0. The van der Waals surface area contributed by atoms with E-state index in [2.05, 4.69) is 5.32 Å². The maximum atomic E-state index is 11.2. The van der Waals surface area contributed by atoms with Gasteiger partial charge in [0.15, 0.2) is 0 Å². The Bertz CT molecular complexity index is 301. The second-order valence-electron chi connectivity index (χ2n) is 3.25. The zero-order valence-corrected chi connectivity index (χ0v) is 7.93. The normalized spacial score (nSPS) is 27.7. The van der Waals surface area contributed by atoms with Crippen LogP contribution in [-0.2, 0) is 10.3 Å². The predicted molar refractivity (Wildman–Crippen MR) is 50.9 cm³/mol. The molecular weight excluding hydrogens is 186 g/mol. The van der Waals surface area contributed by atoms with Crippen LogP contribution in [0.5, 0.6) is 0 Å². The van der Waals surface area contributed by atoms with Gasteiger partial charge in [0.1, 0.15) is 5.54 Å². The van der Waals surface area contributed by atoms with Crippen molar-refractivity contribution < 1.29 is 9.90 Å². The first kappa shape index (κ1) is 8.72. The van der Waals surface area contributed by atoms with Crippen molar-refractivity contribution >= 4 is 17.3 Å². The van der Waals surface area contributed by atoms with Crippen molar-refractivity contribution in [1.82, 2.24) is 5.32 Å². The molecule has 0 bridgehead atoms. The number of carbonyl (C=O) groups is 1. The molecule has 2 rings (SSSR count). The van der Waals surface area contributed by atoms with Crippen molar-refractivity contribution in [2.24, 2.45) is 0 Å². The lowest BCUT2D eigenvalue weighted by molar-refractivity contribution is -0.144. The second-order valence-corrected chi connectivity index (χ2v) is 4.03. The van der Waals surface area contributed by atoms with E-state index in [1.807, 2.05) is 16.8 Å². The third-order valence-electron chi connectivity index (χ3n) is 2.53. The average molecular weight is 197 g/mol. The van der Waals surface area contributed by atoms with Crippen molar-refractivity contribution in [1.29, 1.82) is 0 Å². The van der Waals surface area contributed by atoms with Crippen LogP contribution >= 0.6 is 11.3 Å². The van der Waals surface area contributed by atoms with E-state index in [1.54, 1.807) is 0 Å². The third-order valence-corrected chi connectivity index (χ3v) is 3.22. The maximum Gasteiger partial charge on any atom is 0.328 e. The number of rotatable bonds is 2. The summed E-state index contributed by atoms with van der Waals surface area (Å²) in [6.45, 7) is 0.794. The van der Waals surface area contributed by atoms with Crippen molar-refractivity contribution in [2.75, 3.05) is 6.54 Å². The van der Waals surface area contributed by atoms with Crippen LogP contribution in [0.25, 0.3) is 0 Å². The summed E-state index contributed by atoms with van der Waals surface area (Å²) in [4.78, 5) is 11.2.